The first-order valence-corrected chi connectivity index (χ1v) is 14.1. The Hall–Kier alpha value is -3.29. The number of hydrogen-bond donors (Lipinski definition) is 1. The van der Waals surface area contributed by atoms with Crippen LogP contribution in [0.2, 0.25) is 0 Å². The molecular formula is C31H38F3N3O2. The van der Waals surface area contributed by atoms with Crippen molar-refractivity contribution in [1.82, 2.24) is 9.97 Å². The third-order valence-corrected chi connectivity index (χ3v) is 6.93. The molecule has 1 N–H and O–H groups in total. The largest absolute Gasteiger partial charge is 0.323 e. The number of halogens is 3. The van der Waals surface area contributed by atoms with Gasteiger partial charge < -0.3 is 5.32 Å². The molecule has 2 aromatic carbocycles. The summed E-state index contributed by atoms with van der Waals surface area (Å²) in [5.41, 5.74) is -1.11. The van der Waals surface area contributed by atoms with Gasteiger partial charge in [-0.05, 0) is 24.6 Å². The number of hydrogen-bond acceptors (Lipinski definition) is 4. The van der Waals surface area contributed by atoms with Gasteiger partial charge in [0.1, 0.15) is 6.33 Å². The van der Waals surface area contributed by atoms with Crippen molar-refractivity contribution in [2.75, 3.05) is 5.32 Å². The summed E-state index contributed by atoms with van der Waals surface area (Å²) in [5, 5.41) is 2.80. The van der Waals surface area contributed by atoms with Crippen molar-refractivity contribution in [2.45, 2.75) is 96.8 Å². The van der Waals surface area contributed by atoms with E-state index in [9.17, 15) is 18.4 Å². The smallest absolute Gasteiger partial charge is 0.224 e. The van der Waals surface area contributed by atoms with E-state index < -0.39 is 40.4 Å². The number of amides is 1. The van der Waals surface area contributed by atoms with Crippen molar-refractivity contribution in [1.29, 1.82) is 0 Å². The predicted molar refractivity (Wildman–Crippen MR) is 148 cm³/mol. The van der Waals surface area contributed by atoms with E-state index in [4.69, 9.17) is 0 Å². The van der Waals surface area contributed by atoms with E-state index in [2.05, 4.69) is 22.2 Å². The first kappa shape index (κ1) is 30.3. The van der Waals surface area contributed by atoms with Crippen LogP contribution in [0.3, 0.4) is 0 Å². The molecule has 0 aliphatic rings. The van der Waals surface area contributed by atoms with Crippen LogP contribution in [-0.2, 0) is 4.79 Å². The number of fused-ring (bicyclic) bond motifs is 1. The van der Waals surface area contributed by atoms with Crippen LogP contribution in [0.1, 0.15) is 113 Å². The maximum atomic E-state index is 15.2. The Bertz CT molecular complexity index is 1250. The van der Waals surface area contributed by atoms with E-state index in [-0.39, 0.29) is 12.0 Å². The van der Waals surface area contributed by atoms with E-state index >= 15 is 4.39 Å². The molecule has 1 amide bonds. The molecule has 3 aromatic rings. The molecule has 0 unspecified atom stereocenters. The molecule has 0 spiro atoms. The Labute approximate surface area is 228 Å². The highest BCUT2D eigenvalue weighted by Crippen LogP contribution is 2.27. The van der Waals surface area contributed by atoms with E-state index in [1.54, 1.807) is 0 Å². The Morgan fingerprint density at radius 2 is 1.41 bits per heavy atom. The summed E-state index contributed by atoms with van der Waals surface area (Å²) in [6, 6.07) is 4.82. The minimum Gasteiger partial charge on any atom is -0.323 e. The predicted octanol–water partition coefficient (Wildman–Crippen LogP) is 8.70. The summed E-state index contributed by atoms with van der Waals surface area (Å²) in [4.78, 5) is 33.2. The van der Waals surface area contributed by atoms with E-state index in [0.717, 1.165) is 19.3 Å². The van der Waals surface area contributed by atoms with Crippen molar-refractivity contribution in [3.63, 3.8) is 0 Å². The topological polar surface area (TPSA) is 72.0 Å². The molecular weight excluding hydrogens is 503 g/mol. The number of ketones is 1. The maximum Gasteiger partial charge on any atom is 0.224 e. The minimum atomic E-state index is -1.60. The third-order valence-electron chi connectivity index (χ3n) is 6.93. The second-order valence-corrected chi connectivity index (χ2v) is 10.1. The quantitative estimate of drug-likeness (QED) is 0.105. The zero-order valence-electron chi connectivity index (χ0n) is 22.7. The number of carbonyl (C=O) groups is 2. The maximum absolute atomic E-state index is 15.2. The average Bonchev–Trinajstić information content (AvgIpc) is 2.94. The van der Waals surface area contributed by atoms with Gasteiger partial charge in [-0.1, -0.05) is 84.0 Å². The van der Waals surface area contributed by atoms with Crippen molar-refractivity contribution < 1.29 is 22.8 Å². The molecule has 0 atom stereocenters. The second kappa shape index (κ2) is 16.0. The Kier molecular flexibility index (Phi) is 12.4. The zero-order chi connectivity index (χ0) is 28.0. The van der Waals surface area contributed by atoms with Crippen molar-refractivity contribution in [3.05, 3.63) is 65.4 Å². The molecule has 0 bridgehead atoms. The molecule has 5 nitrogen and oxygen atoms in total. The SMILES string of the molecule is CCCCCCCCCCCCCCCC(=O)Nc1cc(F)c(F)c(C(=O)c2ccc3ncncc3c2)c1F. The molecule has 3 rings (SSSR count). The molecule has 0 radical (unpaired) electrons. The van der Waals surface area contributed by atoms with Gasteiger partial charge in [0.2, 0.25) is 5.91 Å². The van der Waals surface area contributed by atoms with E-state index in [0.29, 0.717) is 23.4 Å². The van der Waals surface area contributed by atoms with Gasteiger partial charge in [-0.2, -0.15) is 0 Å². The number of nitrogens with one attached hydrogen (secondary N) is 1. The lowest BCUT2D eigenvalue weighted by molar-refractivity contribution is -0.116. The van der Waals surface area contributed by atoms with Gasteiger partial charge in [-0.25, -0.2) is 23.1 Å². The molecule has 8 heteroatoms. The van der Waals surface area contributed by atoms with Gasteiger partial charge in [0, 0.05) is 29.6 Å². The average molecular weight is 542 g/mol. The minimum absolute atomic E-state index is 0.0510. The molecule has 39 heavy (non-hydrogen) atoms. The fourth-order valence-corrected chi connectivity index (χ4v) is 4.68. The fraction of sp³-hybridized carbons (Fsp3) is 0.484. The van der Waals surface area contributed by atoms with Crippen LogP contribution in [0.25, 0.3) is 10.9 Å². The Balaban J connectivity index is 1.45. The molecule has 0 saturated heterocycles. The highest BCUT2D eigenvalue weighted by atomic mass is 19.2. The highest BCUT2D eigenvalue weighted by molar-refractivity contribution is 6.11. The van der Waals surface area contributed by atoms with Gasteiger partial charge >= 0.3 is 0 Å². The lowest BCUT2D eigenvalue weighted by Crippen LogP contribution is -2.16. The van der Waals surface area contributed by atoms with Gasteiger partial charge in [0.15, 0.2) is 23.2 Å². The zero-order valence-corrected chi connectivity index (χ0v) is 22.7. The standard InChI is InChI=1S/C31H38F3N3O2/c1-2-3-4-5-6-7-8-9-10-11-12-13-14-15-27(38)37-26-19-24(32)29(33)28(30(26)34)31(39)22-16-17-25-23(18-22)20-35-21-36-25/h16-21H,2-15H2,1H3,(H,37,38). The van der Waals surface area contributed by atoms with Gasteiger partial charge in [0.05, 0.1) is 16.8 Å². The fourth-order valence-electron chi connectivity index (χ4n) is 4.68. The molecule has 0 fully saturated rings. The summed E-state index contributed by atoms with van der Waals surface area (Å²) in [6.45, 7) is 2.23. The Morgan fingerprint density at radius 1 is 0.795 bits per heavy atom. The van der Waals surface area contributed by atoms with Crippen LogP contribution in [0.5, 0.6) is 0 Å². The molecule has 1 aromatic heterocycles. The molecule has 210 valence electrons. The van der Waals surface area contributed by atoms with Crippen LogP contribution in [0.15, 0.2) is 36.8 Å². The number of aromatic nitrogens is 2. The molecule has 0 aliphatic carbocycles. The number of benzene rings is 2. The normalized spacial score (nSPS) is 11.2. The van der Waals surface area contributed by atoms with Crippen molar-refractivity contribution >= 4 is 28.3 Å². The first-order chi connectivity index (χ1) is 18.9. The van der Waals surface area contributed by atoms with E-state index in [1.807, 2.05) is 0 Å². The monoisotopic (exact) mass is 541 g/mol. The molecule has 1 heterocycles. The summed E-state index contributed by atoms with van der Waals surface area (Å²) < 4.78 is 44.0. The van der Waals surface area contributed by atoms with Gasteiger partial charge in [0.25, 0.3) is 0 Å². The first-order valence-electron chi connectivity index (χ1n) is 14.1. The van der Waals surface area contributed by atoms with Crippen LogP contribution in [0, 0.1) is 17.5 Å². The van der Waals surface area contributed by atoms with Crippen LogP contribution in [-0.4, -0.2) is 21.7 Å². The summed E-state index contributed by atoms with van der Waals surface area (Å²) >= 11 is 0. The van der Waals surface area contributed by atoms with Crippen molar-refractivity contribution in [3.8, 4) is 0 Å². The molecule has 0 saturated carbocycles. The lowest BCUT2D eigenvalue weighted by atomic mass is 9.99. The number of unbranched alkanes of at least 4 members (excludes halogenated alkanes) is 12. The molecule has 0 aliphatic heterocycles. The lowest BCUT2D eigenvalue weighted by Gasteiger charge is -2.12. The van der Waals surface area contributed by atoms with Gasteiger partial charge in [-0.3, -0.25) is 9.59 Å². The number of rotatable bonds is 17. The third kappa shape index (κ3) is 9.15. The van der Waals surface area contributed by atoms with Crippen LogP contribution >= 0.6 is 0 Å². The summed E-state index contributed by atoms with van der Waals surface area (Å²) in [5.74, 6) is -5.87. The van der Waals surface area contributed by atoms with Gasteiger partial charge in [-0.15, -0.1) is 0 Å². The number of nitrogens with zero attached hydrogens (tertiary/aromatic N) is 2. The summed E-state index contributed by atoms with van der Waals surface area (Å²) in [6.07, 6.45) is 18.1. The van der Waals surface area contributed by atoms with Crippen molar-refractivity contribution in [2.24, 2.45) is 0 Å². The second-order valence-electron chi connectivity index (χ2n) is 10.1. The highest BCUT2D eigenvalue weighted by Gasteiger charge is 2.26. The van der Waals surface area contributed by atoms with E-state index in [1.165, 1.54) is 88.5 Å². The van der Waals surface area contributed by atoms with Crippen LogP contribution < -0.4 is 5.32 Å². The summed E-state index contributed by atoms with van der Waals surface area (Å²) in [7, 11) is 0. The number of anilines is 1. The number of carbonyl (C=O) groups excluding carboxylic acids is 2. The van der Waals surface area contributed by atoms with Crippen LogP contribution in [0.4, 0.5) is 18.9 Å². The Morgan fingerprint density at radius 3 is 2.05 bits per heavy atom.